The molecule has 0 unspecified atom stereocenters. The molecule has 104 valence electrons. The van der Waals surface area contributed by atoms with Crippen LogP contribution < -0.4 is 0 Å². The minimum Gasteiger partial charge on any atom is -0.476 e. The topological polar surface area (TPSA) is 84.7 Å². The van der Waals surface area contributed by atoms with Gasteiger partial charge in [-0.1, -0.05) is 0 Å². The first-order chi connectivity index (χ1) is 9.00. The van der Waals surface area contributed by atoms with Crippen LogP contribution >= 0.6 is 0 Å². The van der Waals surface area contributed by atoms with E-state index in [-0.39, 0.29) is 17.6 Å². The van der Waals surface area contributed by atoms with E-state index in [9.17, 15) is 9.59 Å². The fraction of sp³-hybridized carbons (Fsp3) is 0.583. The van der Waals surface area contributed by atoms with Crippen LogP contribution in [0, 0.1) is 0 Å². The first-order valence-electron chi connectivity index (χ1n) is 6.20. The molecule has 0 saturated carbocycles. The molecule has 1 aliphatic rings. The van der Waals surface area contributed by atoms with Crippen LogP contribution in [0.5, 0.6) is 0 Å². The Morgan fingerprint density at radius 2 is 2.00 bits per heavy atom. The lowest BCUT2D eigenvalue weighted by atomic mass is 10.2. The smallest absolute Gasteiger partial charge is 0.356 e. The van der Waals surface area contributed by atoms with E-state index >= 15 is 0 Å². The summed E-state index contributed by atoms with van der Waals surface area (Å²) in [6.07, 6.45) is 0. The molecule has 7 heteroatoms. The Balaban J connectivity index is 2.31. The van der Waals surface area contributed by atoms with Crippen molar-refractivity contribution >= 4 is 11.9 Å². The highest BCUT2D eigenvalue weighted by Gasteiger charge is 2.25. The van der Waals surface area contributed by atoms with Gasteiger partial charge in [0.2, 0.25) is 0 Å². The Labute approximate surface area is 110 Å². The van der Waals surface area contributed by atoms with Gasteiger partial charge in [0, 0.05) is 25.2 Å². The fourth-order valence-corrected chi connectivity index (χ4v) is 1.98. The Kier molecular flexibility index (Phi) is 3.84. The second-order valence-electron chi connectivity index (χ2n) is 4.66. The monoisotopic (exact) mass is 267 g/mol. The van der Waals surface area contributed by atoms with Crippen LogP contribution in [0.2, 0.25) is 0 Å². The van der Waals surface area contributed by atoms with Gasteiger partial charge in [0.25, 0.3) is 5.91 Å². The number of rotatable bonds is 3. The van der Waals surface area contributed by atoms with Crippen molar-refractivity contribution in [2.45, 2.75) is 19.9 Å². The molecule has 1 aliphatic heterocycles. The van der Waals surface area contributed by atoms with E-state index in [1.54, 1.807) is 4.90 Å². The molecule has 0 bridgehead atoms. The molecular formula is C12H17N3O4. The van der Waals surface area contributed by atoms with Gasteiger partial charge in [0.15, 0.2) is 5.69 Å². The molecule has 1 saturated heterocycles. The molecule has 1 amide bonds. The number of carboxylic acids is 1. The molecule has 0 aromatic carbocycles. The Bertz CT molecular complexity index is 489. The summed E-state index contributed by atoms with van der Waals surface area (Å²) in [5.41, 5.74) is 0.208. The molecule has 7 nitrogen and oxygen atoms in total. The van der Waals surface area contributed by atoms with Gasteiger partial charge < -0.3 is 14.7 Å². The van der Waals surface area contributed by atoms with Gasteiger partial charge in [-0.25, -0.2) is 4.79 Å². The summed E-state index contributed by atoms with van der Waals surface area (Å²) in [5, 5.41) is 12.9. The highest BCUT2D eigenvalue weighted by atomic mass is 16.5. The Hall–Kier alpha value is -1.89. The van der Waals surface area contributed by atoms with Gasteiger partial charge in [-0.15, -0.1) is 0 Å². The number of hydrogen-bond donors (Lipinski definition) is 1. The largest absolute Gasteiger partial charge is 0.476 e. The van der Waals surface area contributed by atoms with Crippen molar-refractivity contribution in [3.8, 4) is 0 Å². The van der Waals surface area contributed by atoms with E-state index in [4.69, 9.17) is 9.84 Å². The van der Waals surface area contributed by atoms with Crippen molar-refractivity contribution in [3.05, 3.63) is 17.5 Å². The number of nitrogens with zero attached hydrogens (tertiary/aromatic N) is 3. The number of aromatic nitrogens is 2. The molecule has 2 heterocycles. The molecule has 1 N–H and O–H groups in total. The summed E-state index contributed by atoms with van der Waals surface area (Å²) in [5.74, 6) is -1.33. The predicted molar refractivity (Wildman–Crippen MR) is 66.3 cm³/mol. The maximum Gasteiger partial charge on any atom is 0.356 e. The van der Waals surface area contributed by atoms with E-state index in [1.807, 2.05) is 13.8 Å². The van der Waals surface area contributed by atoms with Crippen molar-refractivity contribution in [1.82, 2.24) is 14.7 Å². The molecule has 0 radical (unpaired) electrons. The molecule has 1 aromatic rings. The van der Waals surface area contributed by atoms with Crippen LogP contribution in [0.1, 0.15) is 40.9 Å². The van der Waals surface area contributed by atoms with Gasteiger partial charge in [-0.3, -0.25) is 9.48 Å². The predicted octanol–water partition coefficient (Wildman–Crippen LogP) is 0.635. The van der Waals surface area contributed by atoms with Gasteiger partial charge >= 0.3 is 5.97 Å². The average molecular weight is 267 g/mol. The lowest BCUT2D eigenvalue weighted by Gasteiger charge is -2.27. The molecule has 0 atom stereocenters. The van der Waals surface area contributed by atoms with Gasteiger partial charge in [0.1, 0.15) is 5.69 Å². The molecule has 1 aromatic heterocycles. The molecule has 1 fully saturated rings. The zero-order valence-corrected chi connectivity index (χ0v) is 11.0. The van der Waals surface area contributed by atoms with Crippen molar-refractivity contribution in [3.63, 3.8) is 0 Å². The lowest BCUT2D eigenvalue weighted by Crippen LogP contribution is -2.41. The van der Waals surface area contributed by atoms with Crippen LogP contribution in [0.25, 0.3) is 0 Å². The van der Waals surface area contributed by atoms with Crippen LogP contribution in [0.3, 0.4) is 0 Å². The third-order valence-corrected chi connectivity index (χ3v) is 2.96. The number of morpholine rings is 1. The van der Waals surface area contributed by atoms with Gasteiger partial charge in [-0.2, -0.15) is 5.10 Å². The van der Waals surface area contributed by atoms with Crippen molar-refractivity contribution in [2.75, 3.05) is 26.3 Å². The first-order valence-corrected chi connectivity index (χ1v) is 6.20. The van der Waals surface area contributed by atoms with Crippen LogP contribution in [0.4, 0.5) is 0 Å². The normalized spacial score (nSPS) is 15.8. The zero-order chi connectivity index (χ0) is 14.0. The summed E-state index contributed by atoms with van der Waals surface area (Å²) < 4.78 is 6.66. The second-order valence-corrected chi connectivity index (χ2v) is 4.66. The highest BCUT2D eigenvalue weighted by molar-refractivity contribution is 5.95. The maximum atomic E-state index is 12.4. The maximum absolute atomic E-state index is 12.4. The summed E-state index contributed by atoms with van der Waals surface area (Å²) in [6, 6.07) is 1.26. The van der Waals surface area contributed by atoms with Gasteiger partial charge in [0.05, 0.1) is 13.2 Å². The minimum absolute atomic E-state index is 0.0758. The minimum atomic E-state index is -1.13. The summed E-state index contributed by atoms with van der Waals surface area (Å²) in [7, 11) is 0. The average Bonchev–Trinajstić information content (AvgIpc) is 2.84. The summed E-state index contributed by atoms with van der Waals surface area (Å²) in [6.45, 7) is 5.76. The Morgan fingerprint density at radius 1 is 1.37 bits per heavy atom. The van der Waals surface area contributed by atoms with Gasteiger partial charge in [-0.05, 0) is 13.8 Å². The van der Waals surface area contributed by atoms with Crippen molar-refractivity contribution < 1.29 is 19.4 Å². The SMILES string of the molecule is CC(C)n1nc(C(=O)O)cc1C(=O)N1CCOCC1. The van der Waals surface area contributed by atoms with E-state index < -0.39 is 5.97 Å². The highest BCUT2D eigenvalue weighted by Crippen LogP contribution is 2.15. The van der Waals surface area contributed by atoms with Crippen molar-refractivity contribution in [2.24, 2.45) is 0 Å². The number of aromatic carboxylic acids is 1. The fourth-order valence-electron chi connectivity index (χ4n) is 1.98. The zero-order valence-electron chi connectivity index (χ0n) is 11.0. The molecule has 0 spiro atoms. The first kappa shape index (κ1) is 13.5. The van der Waals surface area contributed by atoms with Crippen molar-refractivity contribution in [1.29, 1.82) is 0 Å². The van der Waals surface area contributed by atoms with E-state index in [1.165, 1.54) is 10.7 Å². The molecule has 2 rings (SSSR count). The van der Waals surface area contributed by atoms with E-state index in [0.717, 1.165) is 0 Å². The number of hydrogen-bond acceptors (Lipinski definition) is 4. The van der Waals surface area contributed by atoms with Crippen LogP contribution in [-0.4, -0.2) is 58.0 Å². The standard InChI is InChI=1S/C12H17N3O4/c1-8(2)15-10(7-9(13-15)12(17)18)11(16)14-3-5-19-6-4-14/h7-8H,3-6H2,1-2H3,(H,17,18). The molecular weight excluding hydrogens is 250 g/mol. The Morgan fingerprint density at radius 3 is 2.53 bits per heavy atom. The number of carbonyl (C=O) groups is 2. The van der Waals surface area contributed by atoms with E-state index in [2.05, 4.69) is 5.10 Å². The molecule has 0 aliphatic carbocycles. The number of amides is 1. The number of carbonyl (C=O) groups excluding carboxylic acids is 1. The summed E-state index contributed by atoms with van der Waals surface area (Å²) >= 11 is 0. The number of ether oxygens (including phenoxy) is 1. The lowest BCUT2D eigenvalue weighted by molar-refractivity contribution is 0.0293. The third kappa shape index (κ3) is 2.76. The molecule has 19 heavy (non-hydrogen) atoms. The summed E-state index contributed by atoms with van der Waals surface area (Å²) in [4.78, 5) is 25.0. The van der Waals surface area contributed by atoms with Crippen LogP contribution in [0.15, 0.2) is 6.07 Å². The number of carboxylic acid groups (broad SMARTS) is 1. The van der Waals surface area contributed by atoms with Crippen LogP contribution in [-0.2, 0) is 4.74 Å². The second kappa shape index (κ2) is 5.40. The van der Waals surface area contributed by atoms with E-state index in [0.29, 0.717) is 32.0 Å². The quantitative estimate of drug-likeness (QED) is 0.868. The third-order valence-electron chi connectivity index (χ3n) is 2.96.